The molecule has 2 rings (SSSR count). The molecule has 0 aromatic rings. The Morgan fingerprint density at radius 3 is 1.82 bits per heavy atom. The molecule has 20 heteroatoms. The van der Waals surface area contributed by atoms with Gasteiger partial charge in [-0.1, -0.05) is 0 Å². The molecule has 2 saturated heterocycles. The molecule has 0 aromatic carbocycles. The molecule has 226 valence electrons. The van der Waals surface area contributed by atoms with Crippen LogP contribution < -0.4 is 5.32 Å². The Bertz CT molecular complexity index is 814. The highest BCUT2D eigenvalue weighted by molar-refractivity contribution is 7.72. The second kappa shape index (κ2) is 13.7. The summed E-state index contributed by atoms with van der Waals surface area (Å²) in [6.07, 6.45) is -14.1. The van der Waals surface area contributed by atoms with Gasteiger partial charge in [-0.2, -0.15) is 0 Å². The minimum atomic E-state index is -5.63. The van der Waals surface area contributed by atoms with Gasteiger partial charge in [0, 0.05) is 12.3 Å². The Labute approximate surface area is 216 Å². The first kappa shape index (κ1) is 34.0. The number of aliphatic hydroxyl groups is 8. The van der Waals surface area contributed by atoms with Crippen molar-refractivity contribution in [3.05, 3.63) is 0 Å². The summed E-state index contributed by atoms with van der Waals surface area (Å²) in [5.74, 6) is -1.01. The van der Waals surface area contributed by atoms with E-state index in [4.69, 9.17) is 33.8 Å². The third-order valence-corrected chi connectivity index (χ3v) is 10.5. The average Bonchev–Trinajstić information content (AvgIpc) is 2.83. The number of rotatable bonds is 13. The lowest BCUT2D eigenvalue weighted by molar-refractivity contribution is -0.248. The van der Waals surface area contributed by atoms with Crippen LogP contribution in [0.1, 0.15) is 12.8 Å². The maximum atomic E-state index is 11.4. The maximum Gasteiger partial charge on any atom is 0.369 e. The molecule has 0 saturated carbocycles. The maximum absolute atomic E-state index is 11.4. The second-order valence-corrected chi connectivity index (χ2v) is 13.3. The van der Waals surface area contributed by atoms with Gasteiger partial charge in [0.1, 0.15) is 42.9 Å². The van der Waals surface area contributed by atoms with E-state index in [9.17, 15) is 50.0 Å². The number of hydrogen-bond donors (Lipinski definition) is 13. The van der Waals surface area contributed by atoms with Crippen molar-refractivity contribution in [2.75, 3.05) is 33.0 Å². The van der Waals surface area contributed by atoms with Gasteiger partial charge in [-0.3, -0.25) is 14.4 Å². The molecule has 0 radical (unpaired) electrons. The SMILES string of the molecule is O=P(O)(O)C(O)(CCCN[C@@H]1O[C@H](CO)[C@@H](COC[C@@H]2O[C@H](CO)[C@H](O)[C@H](O)[C@H]2O)[C@H](O)[C@H]1O)P(=O)(O)O. The molecule has 0 aliphatic carbocycles. The first-order chi connectivity index (χ1) is 17.5. The molecule has 38 heavy (non-hydrogen) atoms. The fourth-order valence-corrected chi connectivity index (χ4v) is 6.50. The first-order valence-corrected chi connectivity index (χ1v) is 14.8. The normalized spacial score (nSPS) is 37.4. The molecule has 2 aliphatic heterocycles. The Hall–Kier alpha value is -0.180. The zero-order chi connectivity index (χ0) is 29.1. The van der Waals surface area contributed by atoms with E-state index in [0.717, 1.165) is 0 Å². The van der Waals surface area contributed by atoms with Crippen LogP contribution in [0.2, 0.25) is 0 Å². The third-order valence-electron chi connectivity index (χ3n) is 6.63. The van der Waals surface area contributed by atoms with Crippen LogP contribution in [0.25, 0.3) is 0 Å². The summed E-state index contributed by atoms with van der Waals surface area (Å²) in [5, 5.41) is 78.5. The van der Waals surface area contributed by atoms with E-state index in [-0.39, 0.29) is 19.8 Å². The smallest absolute Gasteiger partial charge is 0.369 e. The van der Waals surface area contributed by atoms with Gasteiger partial charge < -0.3 is 74.6 Å². The van der Waals surface area contributed by atoms with Gasteiger partial charge in [0.2, 0.25) is 0 Å². The van der Waals surface area contributed by atoms with Crippen LogP contribution in [0.15, 0.2) is 0 Å². The van der Waals surface area contributed by atoms with E-state index in [1.807, 2.05) is 0 Å². The van der Waals surface area contributed by atoms with Crippen molar-refractivity contribution in [3.8, 4) is 0 Å². The van der Waals surface area contributed by atoms with Gasteiger partial charge >= 0.3 is 15.2 Å². The van der Waals surface area contributed by atoms with Crippen LogP contribution in [0.4, 0.5) is 0 Å². The lowest BCUT2D eigenvalue weighted by Gasteiger charge is -2.43. The molecule has 18 nitrogen and oxygen atoms in total. The lowest BCUT2D eigenvalue weighted by Crippen LogP contribution is -2.61. The Morgan fingerprint density at radius 1 is 0.737 bits per heavy atom. The summed E-state index contributed by atoms with van der Waals surface area (Å²) in [6.45, 7) is -2.26. The lowest BCUT2D eigenvalue weighted by atomic mass is 9.89. The zero-order valence-corrected chi connectivity index (χ0v) is 21.8. The minimum Gasteiger partial charge on any atom is -0.394 e. The third kappa shape index (κ3) is 7.55. The van der Waals surface area contributed by atoms with Gasteiger partial charge in [0.05, 0.1) is 38.6 Å². The molecule has 13 N–H and O–H groups in total. The summed E-state index contributed by atoms with van der Waals surface area (Å²) >= 11 is 0. The molecular formula is C18H37NO17P2. The number of nitrogens with one attached hydrogen (secondary N) is 1. The largest absolute Gasteiger partial charge is 0.394 e. The quantitative estimate of drug-likeness (QED) is 0.0690. The van der Waals surface area contributed by atoms with Gasteiger partial charge in [-0.25, -0.2) is 0 Å². The van der Waals surface area contributed by atoms with Gasteiger partial charge in [-0.15, -0.1) is 0 Å². The summed E-state index contributed by atoms with van der Waals surface area (Å²) in [7, 11) is -11.3. The second-order valence-electron chi connectivity index (χ2n) is 9.25. The monoisotopic (exact) mass is 601 g/mol. The van der Waals surface area contributed by atoms with E-state index in [0.29, 0.717) is 0 Å². The van der Waals surface area contributed by atoms with Crippen molar-refractivity contribution in [3.63, 3.8) is 0 Å². The van der Waals surface area contributed by atoms with E-state index >= 15 is 0 Å². The van der Waals surface area contributed by atoms with Crippen LogP contribution in [-0.4, -0.2) is 154 Å². The van der Waals surface area contributed by atoms with Crippen molar-refractivity contribution < 1.29 is 83.8 Å². The summed E-state index contributed by atoms with van der Waals surface area (Å²) in [6, 6.07) is 0. The molecule has 2 fully saturated rings. The fourth-order valence-electron chi connectivity index (χ4n) is 4.24. The van der Waals surface area contributed by atoms with E-state index < -0.39 is 107 Å². The predicted octanol–water partition coefficient (Wildman–Crippen LogP) is -5.73. The van der Waals surface area contributed by atoms with Crippen molar-refractivity contribution in [2.24, 2.45) is 5.92 Å². The van der Waals surface area contributed by atoms with Crippen molar-refractivity contribution in [1.29, 1.82) is 0 Å². The predicted molar refractivity (Wildman–Crippen MR) is 122 cm³/mol. The van der Waals surface area contributed by atoms with E-state index in [2.05, 4.69) is 5.32 Å². The van der Waals surface area contributed by atoms with Gasteiger partial charge in [-0.05, 0) is 13.0 Å². The molecule has 0 bridgehead atoms. The molecule has 0 aromatic heterocycles. The van der Waals surface area contributed by atoms with Crippen molar-refractivity contribution >= 4 is 15.2 Å². The Morgan fingerprint density at radius 2 is 1.29 bits per heavy atom. The number of aliphatic hydroxyl groups excluding tert-OH is 7. The highest BCUT2D eigenvalue weighted by atomic mass is 31.2. The standard InChI is InChI=1S/C18H37NO17P2/c20-4-9-8(6-34-7-11-14(24)15(25)13(23)10(5-21)35-11)12(22)16(26)17(36-9)19-3-1-2-18(27,37(28,29)30)38(31,32)33/h8-17,19-27H,1-7H2,(H2,28,29,30)(H2,31,32,33)/t8-,9-,10-,11+,12+,13+,14+,15+,16-,17-/m1/s1. The van der Waals surface area contributed by atoms with Crippen LogP contribution in [0.3, 0.4) is 0 Å². The molecule has 2 heterocycles. The molecule has 0 amide bonds. The van der Waals surface area contributed by atoms with Gasteiger partial charge in [0.25, 0.3) is 5.08 Å². The average molecular weight is 601 g/mol. The van der Waals surface area contributed by atoms with Crippen molar-refractivity contribution in [1.82, 2.24) is 5.32 Å². The molecule has 10 atom stereocenters. The number of hydrogen-bond acceptors (Lipinski definition) is 14. The first-order valence-electron chi connectivity index (χ1n) is 11.6. The zero-order valence-electron chi connectivity index (χ0n) is 20.0. The topological polar surface area (TPSA) is 317 Å². The van der Waals surface area contributed by atoms with Crippen LogP contribution >= 0.6 is 15.2 Å². The van der Waals surface area contributed by atoms with E-state index in [1.165, 1.54) is 0 Å². The number of ether oxygens (including phenoxy) is 3. The van der Waals surface area contributed by atoms with E-state index in [1.54, 1.807) is 0 Å². The Kier molecular flexibility index (Phi) is 12.2. The summed E-state index contributed by atoms with van der Waals surface area (Å²) in [4.78, 5) is 36.7. The van der Waals surface area contributed by atoms with Crippen LogP contribution in [-0.2, 0) is 23.3 Å². The Balaban J connectivity index is 1.91. The van der Waals surface area contributed by atoms with Crippen LogP contribution in [0, 0.1) is 5.92 Å². The molecular weight excluding hydrogens is 564 g/mol. The highest BCUT2D eigenvalue weighted by Gasteiger charge is 2.58. The summed E-state index contributed by atoms with van der Waals surface area (Å²) < 4.78 is 39.1. The molecule has 0 spiro atoms. The van der Waals surface area contributed by atoms with Gasteiger partial charge in [0.15, 0.2) is 0 Å². The molecule has 0 unspecified atom stereocenters. The van der Waals surface area contributed by atoms with Crippen LogP contribution in [0.5, 0.6) is 0 Å². The van der Waals surface area contributed by atoms with Crippen molar-refractivity contribution in [2.45, 2.75) is 73.0 Å². The molecule has 2 aliphatic rings. The fraction of sp³-hybridized carbons (Fsp3) is 1.00. The highest BCUT2D eigenvalue weighted by Crippen LogP contribution is 2.69. The summed E-state index contributed by atoms with van der Waals surface area (Å²) in [5.41, 5.74) is 0. The minimum absolute atomic E-state index is 0.285.